The Morgan fingerprint density at radius 2 is 1.83 bits per heavy atom. The van der Waals surface area contributed by atoms with Gasteiger partial charge in [0.2, 0.25) is 0 Å². The Morgan fingerprint density at radius 3 is 2.28 bits per heavy atom. The maximum atomic E-state index is 13.0. The molecule has 18 heavy (non-hydrogen) atoms. The number of rotatable bonds is 4. The summed E-state index contributed by atoms with van der Waals surface area (Å²) in [6.07, 6.45) is -3.86. The third-order valence-electron chi connectivity index (χ3n) is 2.27. The molecule has 0 saturated carbocycles. The van der Waals surface area contributed by atoms with Crippen LogP contribution in [0, 0.1) is 0 Å². The molecule has 1 aromatic carbocycles. The summed E-state index contributed by atoms with van der Waals surface area (Å²) in [5.74, 6) is 0. The Bertz CT molecular complexity index is 400. The molecule has 0 aromatic heterocycles. The number of benzene rings is 1. The van der Waals surface area contributed by atoms with Crippen molar-refractivity contribution in [1.29, 1.82) is 0 Å². The molecule has 1 nitrogen and oxygen atoms in total. The van der Waals surface area contributed by atoms with Crippen LogP contribution in [-0.4, -0.2) is 11.3 Å². The van der Waals surface area contributed by atoms with Crippen LogP contribution in [0.5, 0.6) is 0 Å². The monoisotopic (exact) mass is 277 g/mol. The zero-order valence-corrected chi connectivity index (χ0v) is 11.5. The van der Waals surface area contributed by atoms with Gasteiger partial charge in [-0.05, 0) is 31.0 Å². The molecule has 0 amide bonds. The van der Waals surface area contributed by atoms with Gasteiger partial charge in [0.05, 0.1) is 5.56 Å². The summed E-state index contributed by atoms with van der Waals surface area (Å²) in [5, 5.41) is 0.116. The van der Waals surface area contributed by atoms with Gasteiger partial charge in [-0.2, -0.15) is 13.2 Å². The van der Waals surface area contributed by atoms with Crippen molar-refractivity contribution in [3.8, 4) is 0 Å². The van der Waals surface area contributed by atoms with Crippen molar-refractivity contribution >= 4 is 11.8 Å². The molecule has 0 bridgehead atoms. The molecular weight excluding hydrogens is 259 g/mol. The lowest BCUT2D eigenvalue weighted by molar-refractivity contribution is -0.139. The lowest BCUT2D eigenvalue weighted by atomic mass is 10.0. The molecule has 2 N–H and O–H groups in total. The van der Waals surface area contributed by atoms with E-state index in [1.165, 1.54) is 17.8 Å². The van der Waals surface area contributed by atoms with Crippen molar-refractivity contribution in [2.45, 2.75) is 49.6 Å². The summed E-state index contributed by atoms with van der Waals surface area (Å²) in [6, 6.07) is 4.34. The zero-order chi connectivity index (χ0) is 13.9. The van der Waals surface area contributed by atoms with Gasteiger partial charge in [-0.25, -0.2) is 0 Å². The second kappa shape index (κ2) is 5.97. The Morgan fingerprint density at radius 1 is 1.22 bits per heavy atom. The minimum Gasteiger partial charge on any atom is -0.328 e. The van der Waals surface area contributed by atoms with E-state index in [9.17, 15) is 13.2 Å². The van der Waals surface area contributed by atoms with Gasteiger partial charge in [0.15, 0.2) is 0 Å². The molecule has 0 fully saturated rings. The van der Waals surface area contributed by atoms with E-state index in [2.05, 4.69) is 0 Å². The molecule has 0 saturated heterocycles. The van der Waals surface area contributed by atoms with E-state index in [-0.39, 0.29) is 16.2 Å². The lowest BCUT2D eigenvalue weighted by Gasteiger charge is -2.16. The highest BCUT2D eigenvalue weighted by Crippen LogP contribution is 2.38. The number of hydrogen-bond acceptors (Lipinski definition) is 2. The van der Waals surface area contributed by atoms with Gasteiger partial charge >= 0.3 is 6.18 Å². The molecule has 0 aliphatic heterocycles. The number of alkyl halides is 3. The van der Waals surface area contributed by atoms with E-state index in [0.717, 1.165) is 0 Å². The molecule has 5 heteroatoms. The fourth-order valence-corrected chi connectivity index (χ4v) is 2.61. The minimum atomic E-state index is -4.31. The Labute approximate surface area is 110 Å². The van der Waals surface area contributed by atoms with Crippen LogP contribution in [0.4, 0.5) is 13.2 Å². The minimum absolute atomic E-state index is 0.116. The van der Waals surface area contributed by atoms with E-state index in [1.54, 1.807) is 19.1 Å². The first-order valence-corrected chi connectivity index (χ1v) is 6.70. The van der Waals surface area contributed by atoms with Crippen LogP contribution in [0.15, 0.2) is 23.1 Å². The molecule has 1 unspecified atom stereocenters. The maximum Gasteiger partial charge on any atom is 0.417 e. The highest BCUT2D eigenvalue weighted by atomic mass is 32.2. The Balaban J connectivity index is 3.12. The van der Waals surface area contributed by atoms with Crippen LogP contribution in [-0.2, 0) is 12.6 Å². The fourth-order valence-electron chi connectivity index (χ4n) is 1.65. The molecule has 0 heterocycles. The molecule has 0 radical (unpaired) electrons. The predicted molar refractivity (Wildman–Crippen MR) is 69.8 cm³/mol. The van der Waals surface area contributed by atoms with Crippen molar-refractivity contribution < 1.29 is 13.2 Å². The number of thioether (sulfide) groups is 1. The molecule has 1 aromatic rings. The van der Waals surface area contributed by atoms with E-state index in [1.807, 2.05) is 13.8 Å². The van der Waals surface area contributed by atoms with Crippen molar-refractivity contribution in [1.82, 2.24) is 0 Å². The molecule has 1 rings (SSSR count). The fraction of sp³-hybridized carbons (Fsp3) is 0.538. The maximum absolute atomic E-state index is 13.0. The molecule has 102 valence electrons. The third-order valence-corrected chi connectivity index (χ3v) is 3.35. The predicted octanol–water partition coefficient (Wildman–Crippen LogP) is 4.10. The first kappa shape index (κ1) is 15.4. The topological polar surface area (TPSA) is 26.0 Å². The molecule has 0 aliphatic rings. The third kappa shape index (κ3) is 4.53. The first-order valence-electron chi connectivity index (χ1n) is 5.82. The van der Waals surface area contributed by atoms with Crippen LogP contribution >= 0.6 is 11.8 Å². The quantitative estimate of drug-likeness (QED) is 0.839. The number of nitrogens with two attached hydrogens (primary N) is 1. The Kier molecular flexibility index (Phi) is 5.10. The molecule has 1 atom stereocenters. The van der Waals surface area contributed by atoms with Crippen LogP contribution in [0.2, 0.25) is 0 Å². The number of hydrogen-bond donors (Lipinski definition) is 1. The van der Waals surface area contributed by atoms with Crippen molar-refractivity contribution in [3.63, 3.8) is 0 Å². The van der Waals surface area contributed by atoms with Crippen LogP contribution in [0.3, 0.4) is 0 Å². The second-order valence-electron chi connectivity index (χ2n) is 4.68. The highest BCUT2D eigenvalue weighted by molar-refractivity contribution is 8.00. The lowest BCUT2D eigenvalue weighted by Crippen LogP contribution is -2.18. The van der Waals surface area contributed by atoms with E-state index < -0.39 is 11.7 Å². The van der Waals surface area contributed by atoms with Crippen LogP contribution < -0.4 is 5.73 Å². The van der Waals surface area contributed by atoms with Gasteiger partial charge in [-0.15, -0.1) is 11.8 Å². The summed E-state index contributed by atoms with van der Waals surface area (Å²) in [4.78, 5) is 0.283. The average Bonchev–Trinajstić information content (AvgIpc) is 2.17. The SMILES string of the molecule is CC(N)Cc1ccc(SC(C)C)c(C(F)(F)F)c1. The van der Waals surface area contributed by atoms with Crippen LogP contribution in [0.1, 0.15) is 31.9 Å². The van der Waals surface area contributed by atoms with Crippen molar-refractivity contribution in [3.05, 3.63) is 29.3 Å². The standard InChI is InChI=1S/C13H18F3NS/c1-8(2)18-12-5-4-10(6-9(3)17)7-11(12)13(14,15)16/h4-5,7-9H,6,17H2,1-3H3. The summed E-state index contributed by atoms with van der Waals surface area (Å²) in [7, 11) is 0. The zero-order valence-electron chi connectivity index (χ0n) is 10.7. The van der Waals surface area contributed by atoms with Crippen molar-refractivity contribution in [2.24, 2.45) is 5.73 Å². The number of halogens is 3. The molecule has 0 aliphatic carbocycles. The van der Waals surface area contributed by atoms with Gasteiger partial charge in [0, 0.05) is 16.2 Å². The molecule has 0 spiro atoms. The highest BCUT2D eigenvalue weighted by Gasteiger charge is 2.34. The first-order chi connectivity index (χ1) is 8.20. The van der Waals surface area contributed by atoms with E-state index in [0.29, 0.717) is 12.0 Å². The van der Waals surface area contributed by atoms with Crippen molar-refractivity contribution in [2.75, 3.05) is 0 Å². The van der Waals surface area contributed by atoms with Crippen LogP contribution in [0.25, 0.3) is 0 Å². The summed E-state index contributed by atoms with van der Waals surface area (Å²) < 4.78 is 38.9. The van der Waals surface area contributed by atoms with Gasteiger partial charge in [0.25, 0.3) is 0 Å². The van der Waals surface area contributed by atoms with Gasteiger partial charge in [-0.3, -0.25) is 0 Å². The summed E-state index contributed by atoms with van der Waals surface area (Å²) in [5.41, 5.74) is 5.69. The molecular formula is C13H18F3NS. The summed E-state index contributed by atoms with van der Waals surface area (Å²) >= 11 is 1.23. The van der Waals surface area contributed by atoms with Gasteiger partial charge in [-0.1, -0.05) is 19.9 Å². The van der Waals surface area contributed by atoms with E-state index in [4.69, 9.17) is 5.73 Å². The smallest absolute Gasteiger partial charge is 0.328 e. The Hall–Kier alpha value is -0.680. The van der Waals surface area contributed by atoms with Gasteiger partial charge < -0.3 is 5.73 Å². The largest absolute Gasteiger partial charge is 0.417 e. The van der Waals surface area contributed by atoms with Gasteiger partial charge in [0.1, 0.15) is 0 Å². The second-order valence-corrected chi connectivity index (χ2v) is 6.29. The normalized spacial score (nSPS) is 14.0. The summed E-state index contributed by atoms with van der Waals surface area (Å²) in [6.45, 7) is 5.53. The average molecular weight is 277 g/mol. The van der Waals surface area contributed by atoms with E-state index >= 15 is 0 Å².